The Hall–Kier alpha value is -0.570. The summed E-state index contributed by atoms with van der Waals surface area (Å²) < 4.78 is 0. The van der Waals surface area contributed by atoms with Gasteiger partial charge in [-0.1, -0.05) is 13.8 Å². The Morgan fingerprint density at radius 3 is 2.57 bits per heavy atom. The van der Waals surface area contributed by atoms with Crippen LogP contribution in [0.15, 0.2) is 0 Å². The minimum absolute atomic E-state index is 0.00621. The molecule has 2 aliphatic rings. The first kappa shape index (κ1) is 9.97. The number of hydrogen-bond acceptors (Lipinski definition) is 2. The van der Waals surface area contributed by atoms with Gasteiger partial charge >= 0.3 is 0 Å². The topological polar surface area (TPSA) is 32.3 Å². The van der Waals surface area contributed by atoms with Gasteiger partial charge in [-0.3, -0.25) is 10.1 Å². The SMILES string of the molecule is CCC1(C)CC1N1C(=O)C(C)NC1C. The van der Waals surface area contributed by atoms with Crippen LogP contribution in [0.4, 0.5) is 0 Å². The first-order chi connectivity index (χ1) is 6.49. The Labute approximate surface area is 85.8 Å². The molecule has 1 saturated heterocycles. The molecule has 0 spiro atoms. The zero-order valence-corrected chi connectivity index (χ0v) is 9.50. The van der Waals surface area contributed by atoms with Crippen molar-refractivity contribution in [2.24, 2.45) is 5.41 Å². The number of rotatable bonds is 2. The van der Waals surface area contributed by atoms with Crippen LogP contribution < -0.4 is 5.32 Å². The molecule has 3 heteroatoms. The van der Waals surface area contributed by atoms with Gasteiger partial charge < -0.3 is 4.90 Å². The van der Waals surface area contributed by atoms with Crippen LogP contribution in [0.1, 0.15) is 40.5 Å². The molecule has 1 N–H and O–H groups in total. The highest BCUT2D eigenvalue weighted by Crippen LogP contribution is 2.52. The van der Waals surface area contributed by atoms with Crippen molar-refractivity contribution in [3.8, 4) is 0 Å². The molecule has 3 nitrogen and oxygen atoms in total. The zero-order valence-electron chi connectivity index (χ0n) is 9.50. The van der Waals surface area contributed by atoms with Crippen LogP contribution in [0.2, 0.25) is 0 Å². The van der Waals surface area contributed by atoms with Gasteiger partial charge in [-0.25, -0.2) is 0 Å². The van der Waals surface area contributed by atoms with E-state index >= 15 is 0 Å². The van der Waals surface area contributed by atoms with E-state index in [4.69, 9.17) is 0 Å². The summed E-state index contributed by atoms with van der Waals surface area (Å²) in [5.41, 5.74) is 0.385. The predicted octanol–water partition coefficient (Wildman–Crippen LogP) is 1.34. The van der Waals surface area contributed by atoms with Crippen LogP contribution in [0.5, 0.6) is 0 Å². The zero-order chi connectivity index (χ0) is 10.5. The van der Waals surface area contributed by atoms with Crippen molar-refractivity contribution in [2.75, 3.05) is 0 Å². The average Bonchev–Trinajstić information content (AvgIpc) is 2.71. The van der Waals surface area contributed by atoms with Crippen molar-refractivity contribution in [1.29, 1.82) is 0 Å². The van der Waals surface area contributed by atoms with E-state index in [2.05, 4.69) is 26.1 Å². The van der Waals surface area contributed by atoms with E-state index < -0.39 is 0 Å². The first-order valence-corrected chi connectivity index (χ1v) is 5.58. The Kier molecular flexibility index (Phi) is 2.11. The second-order valence-corrected chi connectivity index (χ2v) is 5.04. The molecule has 1 aliphatic heterocycles. The molecular formula is C11H20N2O. The van der Waals surface area contributed by atoms with Crippen LogP contribution in [0.25, 0.3) is 0 Å². The van der Waals surface area contributed by atoms with Gasteiger partial charge in [0.2, 0.25) is 5.91 Å². The molecule has 4 unspecified atom stereocenters. The summed E-state index contributed by atoms with van der Waals surface area (Å²) in [6, 6.07) is 0.485. The second kappa shape index (κ2) is 2.96. The van der Waals surface area contributed by atoms with Gasteiger partial charge in [0.05, 0.1) is 12.2 Å². The molecule has 4 atom stereocenters. The number of amides is 1. The summed E-state index contributed by atoms with van der Waals surface area (Å²) in [6.45, 7) is 8.52. The Bertz CT molecular complexity index is 266. The van der Waals surface area contributed by atoms with E-state index in [0.717, 1.165) is 0 Å². The van der Waals surface area contributed by atoms with Crippen LogP contribution in [0.3, 0.4) is 0 Å². The van der Waals surface area contributed by atoms with Crippen LogP contribution in [-0.4, -0.2) is 29.1 Å². The van der Waals surface area contributed by atoms with Crippen molar-refractivity contribution >= 4 is 5.91 Å². The molecule has 0 aromatic heterocycles. The van der Waals surface area contributed by atoms with E-state index in [-0.39, 0.29) is 18.1 Å². The lowest BCUT2D eigenvalue weighted by Gasteiger charge is -2.23. The highest BCUT2D eigenvalue weighted by atomic mass is 16.2. The third-order valence-corrected chi connectivity index (χ3v) is 3.98. The fourth-order valence-corrected chi connectivity index (χ4v) is 2.55. The maximum absolute atomic E-state index is 11.9. The lowest BCUT2D eigenvalue weighted by atomic mass is 10.1. The average molecular weight is 196 g/mol. The number of hydrogen-bond donors (Lipinski definition) is 1. The van der Waals surface area contributed by atoms with Crippen molar-refractivity contribution in [1.82, 2.24) is 10.2 Å². The normalized spacial score (nSPS) is 47.3. The molecule has 0 radical (unpaired) electrons. The summed E-state index contributed by atoms with van der Waals surface area (Å²) in [4.78, 5) is 13.9. The van der Waals surface area contributed by atoms with Crippen LogP contribution >= 0.6 is 0 Å². The molecule has 1 amide bonds. The minimum Gasteiger partial charge on any atom is -0.323 e. The number of carbonyl (C=O) groups is 1. The lowest BCUT2D eigenvalue weighted by Crippen LogP contribution is -2.38. The highest BCUT2D eigenvalue weighted by Gasteiger charge is 2.56. The largest absolute Gasteiger partial charge is 0.323 e. The van der Waals surface area contributed by atoms with E-state index in [1.807, 2.05) is 11.8 Å². The van der Waals surface area contributed by atoms with Gasteiger partial charge in [0, 0.05) is 6.04 Å². The van der Waals surface area contributed by atoms with Crippen molar-refractivity contribution in [3.05, 3.63) is 0 Å². The van der Waals surface area contributed by atoms with Gasteiger partial charge in [0.1, 0.15) is 0 Å². The molecule has 1 aliphatic carbocycles. The molecule has 2 rings (SSSR count). The monoisotopic (exact) mass is 196 g/mol. The molecule has 0 aromatic rings. The minimum atomic E-state index is 0.00621. The maximum atomic E-state index is 11.9. The molecule has 1 heterocycles. The third-order valence-electron chi connectivity index (χ3n) is 3.98. The molecule has 14 heavy (non-hydrogen) atoms. The smallest absolute Gasteiger partial charge is 0.240 e. The van der Waals surface area contributed by atoms with Gasteiger partial charge in [-0.15, -0.1) is 0 Å². The van der Waals surface area contributed by atoms with E-state index in [0.29, 0.717) is 11.5 Å². The summed E-state index contributed by atoms with van der Waals surface area (Å²) in [5.74, 6) is 0.277. The number of carbonyl (C=O) groups excluding carboxylic acids is 1. The maximum Gasteiger partial charge on any atom is 0.240 e. The van der Waals surface area contributed by atoms with Gasteiger partial charge in [-0.05, 0) is 32.1 Å². The molecule has 2 fully saturated rings. The highest BCUT2D eigenvalue weighted by molar-refractivity contribution is 5.84. The fraction of sp³-hybridized carbons (Fsp3) is 0.909. The van der Waals surface area contributed by atoms with E-state index in [1.165, 1.54) is 12.8 Å². The number of nitrogens with one attached hydrogen (secondary N) is 1. The van der Waals surface area contributed by atoms with Crippen molar-refractivity contribution < 1.29 is 4.79 Å². The third kappa shape index (κ3) is 1.26. The summed E-state index contributed by atoms with van der Waals surface area (Å²) in [6.07, 6.45) is 2.56. The molecule has 80 valence electrons. The quantitative estimate of drug-likeness (QED) is 0.723. The van der Waals surface area contributed by atoms with Crippen molar-refractivity contribution in [2.45, 2.75) is 58.8 Å². The van der Waals surface area contributed by atoms with Crippen molar-refractivity contribution in [3.63, 3.8) is 0 Å². The first-order valence-electron chi connectivity index (χ1n) is 5.58. The predicted molar refractivity (Wildman–Crippen MR) is 55.7 cm³/mol. The van der Waals surface area contributed by atoms with Gasteiger partial charge in [0.15, 0.2) is 0 Å². The summed E-state index contributed by atoms with van der Waals surface area (Å²) in [7, 11) is 0. The lowest BCUT2D eigenvalue weighted by molar-refractivity contribution is -0.130. The summed E-state index contributed by atoms with van der Waals surface area (Å²) in [5, 5.41) is 3.28. The molecule has 0 aromatic carbocycles. The Morgan fingerprint density at radius 2 is 2.21 bits per heavy atom. The Morgan fingerprint density at radius 1 is 1.57 bits per heavy atom. The molecule has 1 saturated carbocycles. The summed E-state index contributed by atoms with van der Waals surface area (Å²) >= 11 is 0. The van der Waals surface area contributed by atoms with E-state index in [9.17, 15) is 4.79 Å². The molecular weight excluding hydrogens is 176 g/mol. The number of nitrogens with zero attached hydrogens (tertiary/aromatic N) is 1. The van der Waals surface area contributed by atoms with Crippen LogP contribution in [-0.2, 0) is 4.79 Å². The standard InChI is InChI=1S/C11H20N2O/c1-5-11(4)6-9(11)13-8(3)12-7(2)10(13)14/h7-9,12H,5-6H2,1-4H3. The molecule has 0 bridgehead atoms. The second-order valence-electron chi connectivity index (χ2n) is 5.04. The van der Waals surface area contributed by atoms with Gasteiger partial charge in [-0.2, -0.15) is 0 Å². The fourth-order valence-electron chi connectivity index (χ4n) is 2.55. The van der Waals surface area contributed by atoms with Crippen LogP contribution in [0, 0.1) is 5.41 Å². The van der Waals surface area contributed by atoms with E-state index in [1.54, 1.807) is 0 Å². The van der Waals surface area contributed by atoms with Gasteiger partial charge in [0.25, 0.3) is 0 Å². The Balaban J connectivity index is 2.10.